The molecule has 3 nitrogen and oxygen atoms in total. The normalized spacial score (nSPS) is 10.1. The molecule has 2 N–H and O–H groups in total. The highest BCUT2D eigenvalue weighted by molar-refractivity contribution is 9.10. The first-order valence-electron chi connectivity index (χ1n) is 5.36. The number of ether oxygens (including phenoxy) is 1. The van der Waals surface area contributed by atoms with Crippen LogP contribution in [0.5, 0.6) is 5.75 Å². The van der Waals surface area contributed by atoms with E-state index in [1.807, 2.05) is 30.3 Å². The quantitative estimate of drug-likeness (QED) is 0.946. The van der Waals surface area contributed by atoms with Crippen LogP contribution >= 0.6 is 15.9 Å². The molecule has 1 amide bonds. The number of hydrogen-bond acceptors (Lipinski definition) is 2. The largest absolute Gasteiger partial charge is 0.495 e. The minimum atomic E-state index is -0.428. The van der Waals surface area contributed by atoms with Crippen LogP contribution in [0.3, 0.4) is 0 Å². The molecule has 18 heavy (non-hydrogen) atoms. The van der Waals surface area contributed by atoms with E-state index in [1.165, 1.54) is 0 Å². The number of primary amides is 1. The van der Waals surface area contributed by atoms with Gasteiger partial charge >= 0.3 is 0 Å². The SMILES string of the molecule is COc1c(Br)cccc1-c1ccc(C(N)=O)cc1. The topological polar surface area (TPSA) is 52.3 Å². The molecule has 0 fully saturated rings. The van der Waals surface area contributed by atoms with Gasteiger partial charge in [0.1, 0.15) is 5.75 Å². The Bertz CT molecular complexity index is 579. The van der Waals surface area contributed by atoms with Crippen molar-refractivity contribution in [2.24, 2.45) is 5.73 Å². The van der Waals surface area contributed by atoms with Gasteiger partial charge in [0, 0.05) is 11.1 Å². The van der Waals surface area contributed by atoms with Crippen molar-refractivity contribution in [2.45, 2.75) is 0 Å². The third-order valence-corrected chi connectivity index (χ3v) is 3.28. The number of benzene rings is 2. The highest BCUT2D eigenvalue weighted by atomic mass is 79.9. The van der Waals surface area contributed by atoms with Gasteiger partial charge in [-0.15, -0.1) is 0 Å². The maximum atomic E-state index is 11.0. The highest BCUT2D eigenvalue weighted by Crippen LogP contribution is 2.36. The van der Waals surface area contributed by atoms with E-state index in [1.54, 1.807) is 19.2 Å². The van der Waals surface area contributed by atoms with Crippen molar-refractivity contribution in [1.82, 2.24) is 0 Å². The second-order valence-corrected chi connectivity index (χ2v) is 4.62. The smallest absolute Gasteiger partial charge is 0.248 e. The van der Waals surface area contributed by atoms with Crippen molar-refractivity contribution < 1.29 is 9.53 Å². The summed E-state index contributed by atoms with van der Waals surface area (Å²) in [5.41, 5.74) is 7.64. The van der Waals surface area contributed by atoms with Crippen molar-refractivity contribution in [3.05, 3.63) is 52.5 Å². The second-order valence-electron chi connectivity index (χ2n) is 3.76. The van der Waals surface area contributed by atoms with Crippen LogP contribution < -0.4 is 10.5 Å². The van der Waals surface area contributed by atoms with Gasteiger partial charge in [-0.1, -0.05) is 24.3 Å². The molecule has 0 spiro atoms. The molecule has 0 heterocycles. The number of nitrogens with two attached hydrogens (primary N) is 1. The minimum Gasteiger partial charge on any atom is -0.495 e. The van der Waals surface area contributed by atoms with E-state index in [0.29, 0.717) is 5.56 Å². The van der Waals surface area contributed by atoms with Gasteiger partial charge in [0.2, 0.25) is 5.91 Å². The fraction of sp³-hybridized carbons (Fsp3) is 0.0714. The lowest BCUT2D eigenvalue weighted by atomic mass is 10.0. The Balaban J connectivity index is 2.49. The summed E-state index contributed by atoms with van der Waals surface area (Å²) in [5.74, 6) is 0.340. The third kappa shape index (κ3) is 2.38. The fourth-order valence-electron chi connectivity index (χ4n) is 1.76. The van der Waals surface area contributed by atoms with E-state index >= 15 is 0 Å². The van der Waals surface area contributed by atoms with Crippen LogP contribution in [-0.2, 0) is 0 Å². The number of halogens is 1. The molecule has 0 radical (unpaired) electrons. The van der Waals surface area contributed by atoms with Gasteiger partial charge in [-0.2, -0.15) is 0 Å². The van der Waals surface area contributed by atoms with Crippen molar-refractivity contribution in [2.75, 3.05) is 7.11 Å². The molecular weight excluding hydrogens is 294 g/mol. The van der Waals surface area contributed by atoms with Gasteiger partial charge in [0.25, 0.3) is 0 Å². The van der Waals surface area contributed by atoms with Crippen LogP contribution in [0.15, 0.2) is 46.9 Å². The Morgan fingerprint density at radius 1 is 1.17 bits per heavy atom. The molecule has 0 aliphatic heterocycles. The summed E-state index contributed by atoms with van der Waals surface area (Å²) < 4.78 is 6.26. The highest BCUT2D eigenvalue weighted by Gasteiger charge is 2.09. The second kappa shape index (κ2) is 5.23. The lowest BCUT2D eigenvalue weighted by Crippen LogP contribution is -2.10. The number of rotatable bonds is 3. The van der Waals surface area contributed by atoms with Crippen LogP contribution in [0, 0.1) is 0 Å². The van der Waals surface area contributed by atoms with E-state index in [0.717, 1.165) is 21.3 Å². The molecule has 2 aromatic rings. The standard InChI is InChI=1S/C14H12BrNO2/c1-18-13-11(3-2-4-12(13)15)9-5-7-10(8-6-9)14(16)17/h2-8H,1H3,(H2,16,17). The summed E-state index contributed by atoms with van der Waals surface area (Å²) in [5, 5.41) is 0. The first-order valence-corrected chi connectivity index (χ1v) is 6.15. The maximum Gasteiger partial charge on any atom is 0.248 e. The van der Waals surface area contributed by atoms with Gasteiger partial charge < -0.3 is 10.5 Å². The van der Waals surface area contributed by atoms with Gasteiger partial charge in [0.15, 0.2) is 0 Å². The molecule has 2 rings (SSSR count). The van der Waals surface area contributed by atoms with Gasteiger partial charge in [-0.3, -0.25) is 4.79 Å². The van der Waals surface area contributed by atoms with Crippen molar-refractivity contribution in [3.8, 4) is 16.9 Å². The monoisotopic (exact) mass is 305 g/mol. The number of amides is 1. The van der Waals surface area contributed by atoms with Crippen molar-refractivity contribution >= 4 is 21.8 Å². The summed E-state index contributed by atoms with van der Waals surface area (Å²) in [6.07, 6.45) is 0. The Labute approximate surface area is 114 Å². The van der Waals surface area contributed by atoms with Crippen molar-refractivity contribution in [1.29, 1.82) is 0 Å². The zero-order valence-corrected chi connectivity index (χ0v) is 11.4. The van der Waals surface area contributed by atoms with E-state index in [2.05, 4.69) is 15.9 Å². The van der Waals surface area contributed by atoms with Gasteiger partial charge in [-0.05, 0) is 39.7 Å². The zero-order chi connectivity index (χ0) is 13.1. The number of hydrogen-bond donors (Lipinski definition) is 1. The Morgan fingerprint density at radius 2 is 1.83 bits per heavy atom. The molecule has 0 saturated heterocycles. The first kappa shape index (κ1) is 12.6. The van der Waals surface area contributed by atoms with Crippen LogP contribution in [0.4, 0.5) is 0 Å². The van der Waals surface area contributed by atoms with E-state index in [9.17, 15) is 4.79 Å². The van der Waals surface area contributed by atoms with Crippen LogP contribution in [0.1, 0.15) is 10.4 Å². The average molecular weight is 306 g/mol. The van der Waals surface area contributed by atoms with Crippen LogP contribution in [0.25, 0.3) is 11.1 Å². The van der Waals surface area contributed by atoms with E-state index in [-0.39, 0.29) is 0 Å². The predicted molar refractivity (Wildman–Crippen MR) is 74.6 cm³/mol. The maximum absolute atomic E-state index is 11.0. The zero-order valence-electron chi connectivity index (χ0n) is 9.81. The summed E-state index contributed by atoms with van der Waals surface area (Å²) in [7, 11) is 1.63. The van der Waals surface area contributed by atoms with Crippen LogP contribution in [-0.4, -0.2) is 13.0 Å². The number of methoxy groups -OCH3 is 1. The Morgan fingerprint density at radius 3 is 2.39 bits per heavy atom. The molecule has 92 valence electrons. The molecular formula is C14H12BrNO2. The van der Waals surface area contributed by atoms with Gasteiger partial charge in [0.05, 0.1) is 11.6 Å². The average Bonchev–Trinajstić information content (AvgIpc) is 2.38. The molecule has 0 unspecified atom stereocenters. The third-order valence-electron chi connectivity index (χ3n) is 2.65. The fourth-order valence-corrected chi connectivity index (χ4v) is 2.29. The Kier molecular flexibility index (Phi) is 3.67. The Hall–Kier alpha value is -1.81. The lowest BCUT2D eigenvalue weighted by molar-refractivity contribution is 0.100. The van der Waals surface area contributed by atoms with Gasteiger partial charge in [-0.25, -0.2) is 0 Å². The van der Waals surface area contributed by atoms with E-state index in [4.69, 9.17) is 10.5 Å². The molecule has 0 aliphatic carbocycles. The first-order chi connectivity index (χ1) is 8.63. The summed E-state index contributed by atoms with van der Waals surface area (Å²) in [6, 6.07) is 12.9. The summed E-state index contributed by atoms with van der Waals surface area (Å²) >= 11 is 3.44. The molecule has 0 aromatic heterocycles. The molecule has 0 bridgehead atoms. The van der Waals surface area contributed by atoms with E-state index < -0.39 is 5.91 Å². The lowest BCUT2D eigenvalue weighted by Gasteiger charge is -2.10. The summed E-state index contributed by atoms with van der Waals surface area (Å²) in [6.45, 7) is 0. The number of carbonyl (C=O) groups is 1. The molecule has 0 atom stereocenters. The molecule has 0 saturated carbocycles. The molecule has 4 heteroatoms. The predicted octanol–water partition coefficient (Wildman–Crippen LogP) is 3.22. The van der Waals surface area contributed by atoms with Crippen LogP contribution in [0.2, 0.25) is 0 Å². The van der Waals surface area contributed by atoms with Crippen molar-refractivity contribution in [3.63, 3.8) is 0 Å². The minimum absolute atomic E-state index is 0.428. The number of carbonyl (C=O) groups excluding carboxylic acids is 1. The summed E-state index contributed by atoms with van der Waals surface area (Å²) in [4.78, 5) is 11.0. The molecule has 0 aliphatic rings. The number of para-hydroxylation sites is 1. The molecule has 2 aromatic carbocycles.